The first-order valence-corrected chi connectivity index (χ1v) is 5.89. The average molecular weight is 271 g/mol. The number of rotatable bonds is 4. The van der Waals surface area contributed by atoms with Crippen molar-refractivity contribution < 1.29 is 0 Å². The summed E-state index contributed by atoms with van der Waals surface area (Å²) in [6, 6.07) is 3.36. The first-order chi connectivity index (χ1) is 8.16. The van der Waals surface area contributed by atoms with Gasteiger partial charge in [0.15, 0.2) is 0 Å². The van der Waals surface area contributed by atoms with Crippen LogP contribution in [0.3, 0.4) is 0 Å². The minimum absolute atomic E-state index is 0.459. The SMILES string of the molecule is Nc1cc(Cl)c(Cl)cc1NCCc1ncc[nH]1. The topological polar surface area (TPSA) is 66.7 Å². The fraction of sp³-hybridized carbons (Fsp3) is 0.182. The third kappa shape index (κ3) is 3.05. The number of hydrogen-bond acceptors (Lipinski definition) is 3. The van der Waals surface area contributed by atoms with E-state index >= 15 is 0 Å². The third-order valence-electron chi connectivity index (χ3n) is 2.32. The molecule has 4 N–H and O–H groups in total. The highest BCUT2D eigenvalue weighted by atomic mass is 35.5. The summed E-state index contributed by atoms with van der Waals surface area (Å²) in [5.41, 5.74) is 7.19. The van der Waals surface area contributed by atoms with Gasteiger partial charge in [-0.1, -0.05) is 23.2 Å². The van der Waals surface area contributed by atoms with E-state index in [-0.39, 0.29) is 0 Å². The molecule has 0 aliphatic carbocycles. The van der Waals surface area contributed by atoms with Gasteiger partial charge in [-0.3, -0.25) is 0 Å². The number of imidazole rings is 1. The molecule has 0 fully saturated rings. The lowest BCUT2D eigenvalue weighted by molar-refractivity contribution is 0.928. The number of H-pyrrole nitrogens is 1. The molecule has 4 nitrogen and oxygen atoms in total. The molecule has 0 bridgehead atoms. The monoisotopic (exact) mass is 270 g/mol. The summed E-state index contributed by atoms with van der Waals surface area (Å²) in [6.45, 7) is 0.718. The van der Waals surface area contributed by atoms with E-state index in [1.54, 1.807) is 24.5 Å². The highest BCUT2D eigenvalue weighted by Crippen LogP contribution is 2.30. The molecule has 6 heteroatoms. The Balaban J connectivity index is 1.97. The fourth-order valence-corrected chi connectivity index (χ4v) is 1.80. The predicted octanol–water partition coefficient (Wildman–Crippen LogP) is 2.95. The molecule has 1 heterocycles. The average Bonchev–Trinajstić information content (AvgIpc) is 2.78. The third-order valence-corrected chi connectivity index (χ3v) is 3.05. The Labute approximate surface area is 109 Å². The zero-order valence-electron chi connectivity index (χ0n) is 9.00. The largest absolute Gasteiger partial charge is 0.397 e. The van der Waals surface area contributed by atoms with Crippen LogP contribution in [-0.4, -0.2) is 16.5 Å². The molecule has 0 saturated heterocycles. The van der Waals surface area contributed by atoms with Crippen LogP contribution in [0.25, 0.3) is 0 Å². The lowest BCUT2D eigenvalue weighted by Gasteiger charge is -2.09. The van der Waals surface area contributed by atoms with Crippen molar-refractivity contribution in [2.45, 2.75) is 6.42 Å². The summed E-state index contributed by atoms with van der Waals surface area (Å²) in [5.74, 6) is 0.927. The standard InChI is InChI=1S/C11H12Cl2N4/c12-7-5-9(14)10(6-8(7)13)15-2-1-11-16-3-4-17-11/h3-6,15H,1-2,14H2,(H,16,17). The van der Waals surface area contributed by atoms with Gasteiger partial charge in [0.1, 0.15) is 5.82 Å². The van der Waals surface area contributed by atoms with E-state index in [2.05, 4.69) is 15.3 Å². The van der Waals surface area contributed by atoms with E-state index in [9.17, 15) is 0 Å². The number of aromatic amines is 1. The van der Waals surface area contributed by atoms with Crippen LogP contribution in [0.4, 0.5) is 11.4 Å². The zero-order valence-corrected chi connectivity index (χ0v) is 10.5. The predicted molar refractivity (Wildman–Crippen MR) is 71.7 cm³/mol. The molecule has 0 aliphatic rings. The van der Waals surface area contributed by atoms with Crippen molar-refractivity contribution in [3.05, 3.63) is 40.4 Å². The smallest absolute Gasteiger partial charge is 0.107 e. The number of halogens is 2. The summed E-state index contributed by atoms with van der Waals surface area (Å²) < 4.78 is 0. The molecule has 0 aliphatic heterocycles. The number of hydrogen-bond donors (Lipinski definition) is 3. The number of nitrogens with two attached hydrogens (primary N) is 1. The van der Waals surface area contributed by atoms with E-state index in [1.165, 1.54) is 0 Å². The van der Waals surface area contributed by atoms with Gasteiger partial charge in [-0.15, -0.1) is 0 Å². The second-order valence-corrected chi connectivity index (χ2v) is 4.38. The molecule has 2 rings (SSSR count). The second-order valence-electron chi connectivity index (χ2n) is 3.57. The van der Waals surface area contributed by atoms with Crippen molar-refractivity contribution in [2.75, 3.05) is 17.6 Å². The van der Waals surface area contributed by atoms with E-state index in [1.807, 2.05) is 0 Å². The Kier molecular flexibility index (Phi) is 3.76. The molecule has 1 aromatic carbocycles. The molecule has 90 valence electrons. The molecular formula is C11H12Cl2N4. The lowest BCUT2D eigenvalue weighted by atomic mass is 10.2. The normalized spacial score (nSPS) is 10.5. The van der Waals surface area contributed by atoms with Crippen molar-refractivity contribution in [1.82, 2.24) is 9.97 Å². The Bertz CT molecular complexity index is 496. The minimum Gasteiger partial charge on any atom is -0.397 e. The maximum absolute atomic E-state index is 5.92. The molecule has 0 radical (unpaired) electrons. The number of nitrogen functional groups attached to an aromatic ring is 1. The fourth-order valence-electron chi connectivity index (χ4n) is 1.47. The van der Waals surface area contributed by atoms with Crippen molar-refractivity contribution in [3.63, 3.8) is 0 Å². The molecule has 0 spiro atoms. The van der Waals surface area contributed by atoms with Gasteiger partial charge in [0, 0.05) is 25.4 Å². The van der Waals surface area contributed by atoms with Crippen molar-refractivity contribution in [3.8, 4) is 0 Å². The van der Waals surface area contributed by atoms with Crippen LogP contribution in [0.1, 0.15) is 5.82 Å². The Morgan fingerprint density at radius 1 is 1.29 bits per heavy atom. The summed E-state index contributed by atoms with van der Waals surface area (Å²) in [6.07, 6.45) is 4.30. The molecule has 2 aromatic rings. The van der Waals surface area contributed by atoms with Gasteiger partial charge in [-0.25, -0.2) is 4.98 Å². The maximum Gasteiger partial charge on any atom is 0.107 e. The molecule has 0 unspecified atom stereocenters. The molecule has 1 aromatic heterocycles. The lowest BCUT2D eigenvalue weighted by Crippen LogP contribution is -2.07. The number of aromatic nitrogens is 2. The Morgan fingerprint density at radius 2 is 2.06 bits per heavy atom. The van der Waals surface area contributed by atoms with Gasteiger partial charge in [0.05, 0.1) is 21.4 Å². The molecule has 0 amide bonds. The minimum atomic E-state index is 0.459. The quantitative estimate of drug-likeness (QED) is 0.749. The highest BCUT2D eigenvalue weighted by molar-refractivity contribution is 6.42. The van der Waals surface area contributed by atoms with Crippen molar-refractivity contribution in [1.29, 1.82) is 0 Å². The van der Waals surface area contributed by atoms with Crippen LogP contribution in [-0.2, 0) is 6.42 Å². The van der Waals surface area contributed by atoms with E-state index in [0.29, 0.717) is 15.7 Å². The first-order valence-electron chi connectivity index (χ1n) is 5.13. The summed E-state index contributed by atoms with van der Waals surface area (Å²) in [5, 5.41) is 4.14. The maximum atomic E-state index is 5.92. The molecule has 0 atom stereocenters. The summed E-state index contributed by atoms with van der Waals surface area (Å²) in [4.78, 5) is 7.16. The van der Waals surface area contributed by atoms with Crippen LogP contribution >= 0.6 is 23.2 Å². The molecule has 0 saturated carbocycles. The van der Waals surface area contributed by atoms with Crippen LogP contribution in [0.2, 0.25) is 10.0 Å². The van der Waals surface area contributed by atoms with E-state index in [4.69, 9.17) is 28.9 Å². The van der Waals surface area contributed by atoms with Crippen molar-refractivity contribution >= 4 is 34.6 Å². The van der Waals surface area contributed by atoms with E-state index < -0.39 is 0 Å². The van der Waals surface area contributed by atoms with E-state index in [0.717, 1.165) is 24.5 Å². The Hall–Kier alpha value is -1.39. The Morgan fingerprint density at radius 3 is 2.76 bits per heavy atom. The number of anilines is 2. The summed E-state index contributed by atoms with van der Waals surface area (Å²) >= 11 is 11.8. The summed E-state index contributed by atoms with van der Waals surface area (Å²) in [7, 11) is 0. The van der Waals surface area contributed by atoms with Crippen LogP contribution in [0, 0.1) is 0 Å². The van der Waals surface area contributed by atoms with Crippen LogP contribution in [0.5, 0.6) is 0 Å². The number of nitrogens with one attached hydrogen (secondary N) is 2. The first kappa shape index (κ1) is 12.1. The zero-order chi connectivity index (χ0) is 12.3. The molecule has 17 heavy (non-hydrogen) atoms. The van der Waals surface area contributed by atoms with Gasteiger partial charge in [-0.2, -0.15) is 0 Å². The van der Waals surface area contributed by atoms with Gasteiger partial charge >= 0.3 is 0 Å². The highest BCUT2D eigenvalue weighted by Gasteiger charge is 2.04. The van der Waals surface area contributed by atoms with Gasteiger partial charge in [0.25, 0.3) is 0 Å². The molecular weight excluding hydrogens is 259 g/mol. The van der Waals surface area contributed by atoms with Crippen LogP contribution in [0.15, 0.2) is 24.5 Å². The van der Waals surface area contributed by atoms with Gasteiger partial charge < -0.3 is 16.0 Å². The number of benzene rings is 1. The van der Waals surface area contributed by atoms with Crippen LogP contribution < -0.4 is 11.1 Å². The van der Waals surface area contributed by atoms with Crippen molar-refractivity contribution in [2.24, 2.45) is 0 Å². The second kappa shape index (κ2) is 5.29. The number of nitrogens with zero attached hydrogens (tertiary/aromatic N) is 1. The van der Waals surface area contributed by atoms with Gasteiger partial charge in [0.2, 0.25) is 0 Å². The van der Waals surface area contributed by atoms with Gasteiger partial charge in [-0.05, 0) is 12.1 Å².